The fourth-order valence-electron chi connectivity index (χ4n) is 2.58. The van der Waals surface area contributed by atoms with E-state index in [1.165, 1.54) is 12.1 Å². The lowest BCUT2D eigenvalue weighted by Gasteiger charge is -2.28. The standard InChI is InChI=1S/C15H20BF3NO2/c1-15(2,3)22-14(21)20-13-7-5-10-8-12(16(17,18)19)6-4-11(10)9-13/h4,6,8,13H,5,7,9H2,1-3H3,(H,20,21)/q-1. The highest BCUT2D eigenvalue weighted by Crippen LogP contribution is 2.22. The summed E-state index contributed by atoms with van der Waals surface area (Å²) in [4.78, 5) is 11.7. The zero-order valence-corrected chi connectivity index (χ0v) is 13.0. The molecule has 1 aliphatic carbocycles. The van der Waals surface area contributed by atoms with Crippen molar-refractivity contribution in [2.24, 2.45) is 0 Å². The predicted molar refractivity (Wildman–Crippen MR) is 80.3 cm³/mol. The Labute approximate surface area is 128 Å². The lowest BCUT2D eigenvalue weighted by Crippen LogP contribution is -2.42. The minimum absolute atomic E-state index is 0.107. The first kappa shape index (κ1) is 16.7. The Kier molecular flexibility index (Phi) is 4.45. The van der Waals surface area contributed by atoms with Crippen LogP contribution in [0.5, 0.6) is 0 Å². The molecule has 1 N–H and O–H groups in total. The molecule has 3 nitrogen and oxygen atoms in total. The molecule has 1 aromatic carbocycles. The fourth-order valence-corrected chi connectivity index (χ4v) is 2.58. The van der Waals surface area contributed by atoms with Gasteiger partial charge in [0.25, 0.3) is 0 Å². The van der Waals surface area contributed by atoms with Gasteiger partial charge >= 0.3 is 13.1 Å². The van der Waals surface area contributed by atoms with Gasteiger partial charge < -0.3 is 23.0 Å². The minimum atomic E-state index is -4.96. The highest BCUT2D eigenvalue weighted by molar-refractivity contribution is 6.73. The molecule has 0 saturated carbocycles. The molecule has 22 heavy (non-hydrogen) atoms. The van der Waals surface area contributed by atoms with Crippen LogP contribution < -0.4 is 10.8 Å². The lowest BCUT2D eigenvalue weighted by molar-refractivity contribution is 0.0500. The number of carbonyl (C=O) groups is 1. The van der Waals surface area contributed by atoms with E-state index in [-0.39, 0.29) is 6.04 Å². The number of halogens is 3. The maximum Gasteiger partial charge on any atom is 0.509 e. The van der Waals surface area contributed by atoms with E-state index in [0.29, 0.717) is 19.3 Å². The monoisotopic (exact) mass is 314 g/mol. The number of hydrogen-bond donors (Lipinski definition) is 1. The molecular formula is C15H20BF3NO2-. The van der Waals surface area contributed by atoms with E-state index in [0.717, 1.165) is 17.2 Å². The van der Waals surface area contributed by atoms with Crippen LogP contribution >= 0.6 is 0 Å². The number of benzene rings is 1. The predicted octanol–water partition coefficient (Wildman–Crippen LogP) is 3.12. The van der Waals surface area contributed by atoms with Crippen molar-refractivity contribution < 1.29 is 22.5 Å². The van der Waals surface area contributed by atoms with Crippen LogP contribution in [-0.4, -0.2) is 24.7 Å². The largest absolute Gasteiger partial charge is 0.509 e. The van der Waals surface area contributed by atoms with Crippen molar-refractivity contribution in [2.75, 3.05) is 0 Å². The molecule has 0 aromatic heterocycles. The third-order valence-corrected chi connectivity index (χ3v) is 3.56. The average molecular weight is 314 g/mol. The zero-order valence-electron chi connectivity index (χ0n) is 13.0. The fraction of sp³-hybridized carbons (Fsp3) is 0.533. The molecule has 2 rings (SSSR count). The average Bonchev–Trinajstić information content (AvgIpc) is 2.34. The molecule has 0 fully saturated rings. The van der Waals surface area contributed by atoms with Crippen molar-refractivity contribution in [1.29, 1.82) is 0 Å². The van der Waals surface area contributed by atoms with Crippen LogP contribution in [0.3, 0.4) is 0 Å². The van der Waals surface area contributed by atoms with Crippen LogP contribution in [0, 0.1) is 0 Å². The molecule has 1 aromatic rings. The molecule has 0 radical (unpaired) electrons. The summed E-state index contributed by atoms with van der Waals surface area (Å²) in [5.41, 5.74) is 0.452. The Morgan fingerprint density at radius 3 is 2.55 bits per heavy atom. The zero-order chi connectivity index (χ0) is 16.5. The van der Waals surface area contributed by atoms with E-state index < -0.39 is 24.1 Å². The summed E-state index contributed by atoms with van der Waals surface area (Å²) < 4.78 is 43.5. The number of alkyl carbamates (subject to hydrolysis) is 1. The minimum Gasteiger partial charge on any atom is -0.445 e. The summed E-state index contributed by atoms with van der Waals surface area (Å²) in [5.74, 6) is 0. The SMILES string of the molecule is CC(C)(C)OC(=O)NC1CCc2cc([B-](F)(F)F)ccc2C1. The number of hydrogen-bond acceptors (Lipinski definition) is 2. The van der Waals surface area contributed by atoms with E-state index in [2.05, 4.69) is 5.32 Å². The van der Waals surface area contributed by atoms with E-state index in [1.807, 2.05) is 0 Å². The third-order valence-electron chi connectivity index (χ3n) is 3.56. The van der Waals surface area contributed by atoms with Gasteiger partial charge in [-0.05, 0) is 51.2 Å². The van der Waals surface area contributed by atoms with Gasteiger partial charge in [0.2, 0.25) is 0 Å². The Morgan fingerprint density at radius 1 is 1.27 bits per heavy atom. The molecule has 0 bridgehead atoms. The second kappa shape index (κ2) is 5.86. The molecule has 1 atom stereocenters. The number of amides is 1. The molecule has 1 aliphatic rings. The van der Waals surface area contributed by atoms with Crippen molar-refractivity contribution in [3.05, 3.63) is 29.3 Å². The summed E-state index contributed by atoms with van der Waals surface area (Å²) >= 11 is 0. The quantitative estimate of drug-likeness (QED) is 0.852. The van der Waals surface area contributed by atoms with Gasteiger partial charge in [0.15, 0.2) is 0 Å². The molecule has 0 saturated heterocycles. The van der Waals surface area contributed by atoms with Crippen molar-refractivity contribution in [3.8, 4) is 0 Å². The van der Waals surface area contributed by atoms with Gasteiger partial charge in [-0.1, -0.05) is 18.2 Å². The Morgan fingerprint density at radius 2 is 1.95 bits per heavy atom. The molecule has 1 unspecified atom stereocenters. The first-order chi connectivity index (χ1) is 10.0. The first-order valence-electron chi connectivity index (χ1n) is 7.36. The van der Waals surface area contributed by atoms with Crippen LogP contribution in [0.25, 0.3) is 0 Å². The topological polar surface area (TPSA) is 38.3 Å². The third kappa shape index (κ3) is 4.42. The van der Waals surface area contributed by atoms with Crippen molar-refractivity contribution in [3.63, 3.8) is 0 Å². The number of carbonyl (C=O) groups excluding carboxylic acids is 1. The Bertz CT molecular complexity index is 567. The maximum absolute atomic E-state index is 12.8. The van der Waals surface area contributed by atoms with E-state index in [1.54, 1.807) is 20.8 Å². The van der Waals surface area contributed by atoms with E-state index in [4.69, 9.17) is 4.74 Å². The van der Waals surface area contributed by atoms with Gasteiger partial charge in [-0.3, -0.25) is 0 Å². The second-order valence-corrected chi connectivity index (χ2v) is 6.69. The normalized spacial score (nSPS) is 18.5. The van der Waals surface area contributed by atoms with Crippen molar-refractivity contribution >= 4 is 18.5 Å². The first-order valence-corrected chi connectivity index (χ1v) is 7.36. The molecule has 0 heterocycles. The molecule has 1 amide bonds. The van der Waals surface area contributed by atoms with Gasteiger partial charge in [-0.2, -0.15) is 0 Å². The van der Waals surface area contributed by atoms with Crippen LogP contribution in [0.1, 0.15) is 38.3 Å². The Hall–Kier alpha value is -1.66. The van der Waals surface area contributed by atoms with Gasteiger partial charge in [-0.25, -0.2) is 4.79 Å². The molecule has 122 valence electrons. The highest BCUT2D eigenvalue weighted by Gasteiger charge is 2.28. The summed E-state index contributed by atoms with van der Waals surface area (Å²) in [7, 11) is 0. The number of ether oxygens (including phenoxy) is 1. The maximum atomic E-state index is 12.8. The number of aryl methyl sites for hydroxylation is 1. The van der Waals surface area contributed by atoms with Crippen molar-refractivity contribution in [2.45, 2.75) is 51.7 Å². The number of rotatable bonds is 2. The van der Waals surface area contributed by atoms with Crippen LogP contribution in [0.2, 0.25) is 0 Å². The lowest BCUT2D eigenvalue weighted by atomic mass is 9.76. The van der Waals surface area contributed by atoms with E-state index in [9.17, 15) is 17.7 Å². The van der Waals surface area contributed by atoms with Crippen LogP contribution in [0.4, 0.5) is 17.7 Å². The number of nitrogens with one attached hydrogen (secondary N) is 1. The van der Waals surface area contributed by atoms with Crippen LogP contribution in [-0.2, 0) is 17.6 Å². The van der Waals surface area contributed by atoms with Gasteiger partial charge in [0.1, 0.15) is 5.60 Å². The van der Waals surface area contributed by atoms with Crippen molar-refractivity contribution in [1.82, 2.24) is 5.32 Å². The van der Waals surface area contributed by atoms with Gasteiger partial charge in [0, 0.05) is 6.04 Å². The van der Waals surface area contributed by atoms with Gasteiger partial charge in [-0.15, -0.1) is 5.46 Å². The summed E-state index contributed by atoms with van der Waals surface area (Å²) in [6.45, 7) is 0.379. The molecule has 0 spiro atoms. The van der Waals surface area contributed by atoms with Crippen LogP contribution in [0.15, 0.2) is 18.2 Å². The van der Waals surface area contributed by atoms with Gasteiger partial charge in [0.05, 0.1) is 0 Å². The smallest absolute Gasteiger partial charge is 0.445 e. The highest BCUT2D eigenvalue weighted by atomic mass is 19.4. The number of fused-ring (bicyclic) bond motifs is 1. The molecular weight excluding hydrogens is 294 g/mol. The molecule has 7 heteroatoms. The summed E-state index contributed by atoms with van der Waals surface area (Å²) in [6, 6.07) is 3.76. The van der Waals surface area contributed by atoms with E-state index >= 15 is 0 Å². The summed E-state index contributed by atoms with van der Waals surface area (Å²) in [6.07, 6.45) is 1.17. The Balaban J connectivity index is 2.02. The summed E-state index contributed by atoms with van der Waals surface area (Å²) in [5, 5.41) is 2.78. The molecule has 0 aliphatic heterocycles. The second-order valence-electron chi connectivity index (χ2n) is 6.69.